The minimum Gasteiger partial charge on any atom is -0.389 e. The molecule has 1 aromatic carbocycles. The van der Waals surface area contributed by atoms with E-state index in [2.05, 4.69) is 29.2 Å². The first kappa shape index (κ1) is 15.8. The van der Waals surface area contributed by atoms with Gasteiger partial charge < -0.3 is 19.6 Å². The van der Waals surface area contributed by atoms with Gasteiger partial charge in [-0.1, -0.05) is 0 Å². The third-order valence-electron chi connectivity index (χ3n) is 2.91. The first-order chi connectivity index (χ1) is 8.90. The number of rotatable bonds is 7. The fourth-order valence-corrected chi connectivity index (χ4v) is 1.78. The number of aliphatic hydroxyl groups is 1. The Morgan fingerprint density at radius 1 is 1.05 bits per heavy atom. The molecular formula is C15H26N2O2. The van der Waals surface area contributed by atoms with Crippen molar-refractivity contribution in [2.45, 2.75) is 26.1 Å². The maximum absolute atomic E-state index is 9.90. The Morgan fingerprint density at radius 3 is 2.05 bits per heavy atom. The number of hydrogen-bond donors (Lipinski definition) is 1. The van der Waals surface area contributed by atoms with Gasteiger partial charge in [-0.2, -0.15) is 0 Å². The molecule has 1 unspecified atom stereocenters. The maximum atomic E-state index is 9.90. The van der Waals surface area contributed by atoms with Crippen molar-refractivity contribution < 1.29 is 9.84 Å². The molecule has 0 aliphatic carbocycles. The van der Waals surface area contributed by atoms with Crippen molar-refractivity contribution in [3.05, 3.63) is 24.3 Å². The Bertz CT molecular complexity index is 363. The van der Waals surface area contributed by atoms with Crippen LogP contribution in [0.2, 0.25) is 0 Å². The Kier molecular flexibility index (Phi) is 6.12. The van der Waals surface area contributed by atoms with Crippen LogP contribution >= 0.6 is 0 Å². The molecular weight excluding hydrogens is 240 g/mol. The van der Waals surface area contributed by atoms with Crippen molar-refractivity contribution in [3.8, 4) is 0 Å². The molecule has 0 saturated carbocycles. The van der Waals surface area contributed by atoms with Gasteiger partial charge in [0.25, 0.3) is 0 Å². The summed E-state index contributed by atoms with van der Waals surface area (Å²) in [7, 11) is 6.01. The summed E-state index contributed by atoms with van der Waals surface area (Å²) in [5, 5.41) is 9.90. The zero-order valence-corrected chi connectivity index (χ0v) is 12.6. The van der Waals surface area contributed by atoms with E-state index in [-0.39, 0.29) is 6.10 Å². The van der Waals surface area contributed by atoms with Crippen LogP contribution in [0.4, 0.5) is 11.4 Å². The molecule has 1 N–H and O–H groups in total. The number of ether oxygens (including phenoxy) is 1. The highest BCUT2D eigenvalue weighted by Crippen LogP contribution is 2.18. The van der Waals surface area contributed by atoms with Crippen LogP contribution in [0.3, 0.4) is 0 Å². The fourth-order valence-electron chi connectivity index (χ4n) is 1.78. The van der Waals surface area contributed by atoms with Gasteiger partial charge >= 0.3 is 0 Å². The molecule has 0 spiro atoms. The van der Waals surface area contributed by atoms with Gasteiger partial charge in [-0.15, -0.1) is 0 Å². The maximum Gasteiger partial charge on any atom is 0.0948 e. The number of benzene rings is 1. The molecule has 1 aromatic rings. The van der Waals surface area contributed by atoms with Gasteiger partial charge in [0.05, 0.1) is 18.8 Å². The summed E-state index contributed by atoms with van der Waals surface area (Å²) in [4.78, 5) is 4.10. The van der Waals surface area contributed by atoms with E-state index in [4.69, 9.17) is 4.74 Å². The molecule has 0 amide bonds. The van der Waals surface area contributed by atoms with E-state index in [9.17, 15) is 5.11 Å². The molecule has 108 valence electrons. The van der Waals surface area contributed by atoms with Gasteiger partial charge in [-0.25, -0.2) is 0 Å². The lowest BCUT2D eigenvalue weighted by Crippen LogP contribution is -2.32. The Morgan fingerprint density at radius 2 is 1.58 bits per heavy atom. The monoisotopic (exact) mass is 266 g/mol. The standard InChI is InChI=1S/C15H26N2O2/c1-12(2)19-11-15(18)10-17(5)14-8-6-13(7-9-14)16(3)4/h6-9,12,15,18H,10-11H2,1-5H3. The molecule has 1 atom stereocenters. The lowest BCUT2D eigenvalue weighted by molar-refractivity contribution is 0.00927. The normalized spacial score (nSPS) is 12.6. The van der Waals surface area contributed by atoms with E-state index in [1.54, 1.807) is 0 Å². The van der Waals surface area contributed by atoms with Crippen molar-refractivity contribution in [1.29, 1.82) is 0 Å². The van der Waals surface area contributed by atoms with Crippen molar-refractivity contribution in [2.75, 3.05) is 44.1 Å². The average molecular weight is 266 g/mol. The van der Waals surface area contributed by atoms with Crippen molar-refractivity contribution in [1.82, 2.24) is 0 Å². The molecule has 0 aromatic heterocycles. The number of anilines is 2. The van der Waals surface area contributed by atoms with Crippen LogP contribution in [0.15, 0.2) is 24.3 Å². The topological polar surface area (TPSA) is 35.9 Å². The largest absolute Gasteiger partial charge is 0.389 e. The van der Waals surface area contributed by atoms with Crippen molar-refractivity contribution in [2.24, 2.45) is 0 Å². The third-order valence-corrected chi connectivity index (χ3v) is 2.91. The van der Waals surface area contributed by atoms with Gasteiger partial charge in [0, 0.05) is 39.1 Å². The molecule has 4 heteroatoms. The quantitative estimate of drug-likeness (QED) is 0.818. The second kappa shape index (κ2) is 7.36. The number of aliphatic hydroxyl groups excluding tert-OH is 1. The van der Waals surface area contributed by atoms with Crippen LogP contribution in [0, 0.1) is 0 Å². The lowest BCUT2D eigenvalue weighted by Gasteiger charge is -2.24. The zero-order valence-electron chi connectivity index (χ0n) is 12.6. The number of nitrogens with zero attached hydrogens (tertiary/aromatic N) is 2. The Labute approximate surface area is 116 Å². The van der Waals surface area contributed by atoms with Crippen LogP contribution in [-0.4, -0.2) is 51.6 Å². The first-order valence-corrected chi connectivity index (χ1v) is 6.68. The summed E-state index contributed by atoms with van der Waals surface area (Å²) in [5.74, 6) is 0. The van der Waals surface area contributed by atoms with Crippen molar-refractivity contribution in [3.63, 3.8) is 0 Å². The minimum atomic E-state index is -0.471. The summed E-state index contributed by atoms with van der Waals surface area (Å²) in [6.07, 6.45) is -0.319. The molecule has 1 rings (SSSR count). The van der Waals surface area contributed by atoms with Gasteiger partial charge in [-0.3, -0.25) is 0 Å². The highest BCUT2D eigenvalue weighted by Gasteiger charge is 2.10. The second-order valence-electron chi connectivity index (χ2n) is 5.33. The summed E-state index contributed by atoms with van der Waals surface area (Å²) < 4.78 is 5.41. The summed E-state index contributed by atoms with van der Waals surface area (Å²) >= 11 is 0. The minimum absolute atomic E-state index is 0.152. The molecule has 0 aliphatic heterocycles. The lowest BCUT2D eigenvalue weighted by atomic mass is 10.2. The molecule has 0 fully saturated rings. The second-order valence-corrected chi connectivity index (χ2v) is 5.33. The van der Waals surface area contributed by atoms with Gasteiger partial charge in [-0.05, 0) is 38.1 Å². The Hall–Kier alpha value is -1.26. The van der Waals surface area contributed by atoms with Crippen LogP contribution < -0.4 is 9.80 Å². The molecule has 0 radical (unpaired) electrons. The SMILES string of the molecule is CC(C)OCC(O)CN(C)c1ccc(N(C)C)cc1. The molecule has 4 nitrogen and oxygen atoms in total. The van der Waals surface area contributed by atoms with E-state index in [1.807, 2.05) is 39.9 Å². The van der Waals surface area contributed by atoms with Crippen molar-refractivity contribution >= 4 is 11.4 Å². The van der Waals surface area contributed by atoms with E-state index in [1.165, 1.54) is 5.69 Å². The number of likely N-dealkylation sites (N-methyl/N-ethyl adjacent to an activating group) is 1. The Balaban J connectivity index is 2.50. The van der Waals surface area contributed by atoms with E-state index in [0.29, 0.717) is 13.2 Å². The van der Waals surface area contributed by atoms with Gasteiger partial charge in [0.2, 0.25) is 0 Å². The number of hydrogen-bond acceptors (Lipinski definition) is 4. The fraction of sp³-hybridized carbons (Fsp3) is 0.600. The average Bonchev–Trinajstić information content (AvgIpc) is 2.36. The van der Waals surface area contributed by atoms with Gasteiger partial charge in [0.1, 0.15) is 0 Å². The van der Waals surface area contributed by atoms with E-state index >= 15 is 0 Å². The predicted octanol–water partition coefficient (Wildman–Crippen LogP) is 1.97. The highest BCUT2D eigenvalue weighted by atomic mass is 16.5. The molecule has 0 saturated heterocycles. The molecule has 0 heterocycles. The zero-order chi connectivity index (χ0) is 14.4. The first-order valence-electron chi connectivity index (χ1n) is 6.68. The molecule has 0 bridgehead atoms. The summed E-state index contributed by atoms with van der Waals surface area (Å²) in [6.45, 7) is 4.87. The highest BCUT2D eigenvalue weighted by molar-refractivity contribution is 5.55. The summed E-state index contributed by atoms with van der Waals surface area (Å²) in [5.41, 5.74) is 2.26. The van der Waals surface area contributed by atoms with Gasteiger partial charge in [0.15, 0.2) is 0 Å². The predicted molar refractivity (Wildman–Crippen MR) is 81.1 cm³/mol. The van der Waals surface area contributed by atoms with E-state index in [0.717, 1.165) is 5.69 Å². The summed E-state index contributed by atoms with van der Waals surface area (Å²) in [6, 6.07) is 8.27. The van der Waals surface area contributed by atoms with Crippen LogP contribution in [0.5, 0.6) is 0 Å². The molecule has 19 heavy (non-hydrogen) atoms. The van der Waals surface area contributed by atoms with Crippen LogP contribution in [0.1, 0.15) is 13.8 Å². The third kappa shape index (κ3) is 5.49. The van der Waals surface area contributed by atoms with E-state index < -0.39 is 6.10 Å². The van der Waals surface area contributed by atoms with Crippen LogP contribution in [0.25, 0.3) is 0 Å². The smallest absolute Gasteiger partial charge is 0.0948 e. The molecule has 0 aliphatic rings. The van der Waals surface area contributed by atoms with Crippen LogP contribution in [-0.2, 0) is 4.74 Å².